The van der Waals surface area contributed by atoms with Crippen molar-refractivity contribution in [1.82, 2.24) is 99.6 Å². The summed E-state index contributed by atoms with van der Waals surface area (Å²) in [5, 5.41) is 36.3. The number of aliphatic imine (C=N–C) groups is 1. The van der Waals surface area contributed by atoms with E-state index in [9.17, 15) is 39.4 Å². The van der Waals surface area contributed by atoms with E-state index in [0.29, 0.717) is 57.3 Å². The number of nitrogen functional groups attached to an aromatic ring is 2. The van der Waals surface area contributed by atoms with Gasteiger partial charge in [-0.3, -0.25) is 79.3 Å². The molecule has 19 rings (SSSR count). The molecule has 39 heteroatoms. The number of carbonyl (C=O) groups is 3. The number of carbonyl (C=O) groups excluding carboxylic acids is 3. The van der Waals surface area contributed by atoms with Gasteiger partial charge in [0, 0.05) is 300 Å². The highest BCUT2D eigenvalue weighted by molar-refractivity contribution is 6.67. The molecule has 13 heterocycles. The van der Waals surface area contributed by atoms with Gasteiger partial charge in [-0.05, 0) is 238 Å². The summed E-state index contributed by atoms with van der Waals surface area (Å²) in [6, 6.07) is 65.6. The van der Waals surface area contributed by atoms with Crippen LogP contribution in [-0.4, -0.2) is 213 Å². The number of amides is 1. The zero-order valence-electron chi connectivity index (χ0n) is 82.5. The Morgan fingerprint density at radius 3 is 1.32 bits per heavy atom. The molecule has 1 amide bonds. The van der Waals surface area contributed by atoms with Gasteiger partial charge in [-0.25, -0.2) is 39.7 Å². The highest BCUT2D eigenvalue weighted by Crippen LogP contribution is 2.30. The fraction of sp³-hybridized carbons (Fsp3) is 0.174. The molecule has 0 spiro atoms. The van der Waals surface area contributed by atoms with Crippen molar-refractivity contribution in [2.24, 2.45) is 4.99 Å². The predicted octanol–water partition coefficient (Wildman–Crippen LogP) is 18.4. The van der Waals surface area contributed by atoms with E-state index in [4.69, 9.17) is 34.7 Å². The maximum Gasteiger partial charge on any atom is 0.345 e. The number of benzene rings is 6. The average molecular weight is 2030 g/mol. The number of nitrogens with zero attached hydrogens (tertiary/aromatic N) is 21. The van der Waals surface area contributed by atoms with Crippen molar-refractivity contribution in [2.75, 3.05) is 113 Å². The molecule has 3 aliphatic heterocycles. The lowest BCUT2D eigenvalue weighted by atomic mass is 10.1. The average Bonchev–Trinajstić information content (AvgIpc) is 0.830. The summed E-state index contributed by atoms with van der Waals surface area (Å²) >= 11 is 11.2. The van der Waals surface area contributed by atoms with Crippen LogP contribution < -0.4 is 43.7 Å². The van der Waals surface area contributed by atoms with Gasteiger partial charge in [0.15, 0.2) is 11.4 Å². The highest BCUT2D eigenvalue weighted by Gasteiger charge is 2.20. The van der Waals surface area contributed by atoms with Crippen LogP contribution in [0.2, 0.25) is 0 Å². The van der Waals surface area contributed by atoms with Gasteiger partial charge < -0.3 is 57.7 Å². The Kier molecular flexibility index (Phi) is 41.4. The molecule has 3 aliphatic rings. The van der Waals surface area contributed by atoms with E-state index in [-0.39, 0.29) is 34.4 Å². The largest absolute Gasteiger partial charge is 0.399 e. The van der Waals surface area contributed by atoms with E-state index in [1.54, 1.807) is 161 Å². The second kappa shape index (κ2) is 56.2. The van der Waals surface area contributed by atoms with Crippen LogP contribution in [0.4, 0.5) is 63.3 Å². The lowest BCUT2D eigenvalue weighted by Gasteiger charge is -2.32. The van der Waals surface area contributed by atoms with Crippen molar-refractivity contribution < 1.29 is 24.2 Å². The summed E-state index contributed by atoms with van der Waals surface area (Å²) in [5.74, 6) is 1.21. The zero-order valence-corrected chi connectivity index (χ0v) is 84.1. The summed E-state index contributed by atoms with van der Waals surface area (Å²) in [6.07, 6.45) is 33.8. The third-order valence-corrected chi connectivity index (χ3v) is 22.9. The third kappa shape index (κ3) is 35.6. The van der Waals surface area contributed by atoms with Gasteiger partial charge in [-0.1, -0.05) is 60.1 Å². The number of aromatic amines is 1. The number of piperazine rings is 2. The molecule has 754 valence electrons. The van der Waals surface area contributed by atoms with Crippen LogP contribution >= 0.6 is 23.2 Å². The Bertz CT molecular complexity index is 7190. The van der Waals surface area contributed by atoms with Crippen LogP contribution in [-0.2, 0) is 13.1 Å². The summed E-state index contributed by atoms with van der Waals surface area (Å²) < 4.78 is 0. The number of allylic oxidation sites excluding steroid dienone is 2. The van der Waals surface area contributed by atoms with E-state index in [0.717, 1.165) is 155 Å². The third-order valence-electron chi connectivity index (χ3n) is 22.5. The van der Waals surface area contributed by atoms with Gasteiger partial charge in [-0.2, -0.15) is 0 Å². The summed E-state index contributed by atoms with van der Waals surface area (Å²) in [6.45, 7) is 18.3. The first-order valence-electron chi connectivity index (χ1n) is 46.6. The Hall–Kier alpha value is -17.9. The second-order valence-electron chi connectivity index (χ2n) is 33.9. The lowest BCUT2D eigenvalue weighted by Crippen LogP contribution is -2.43. The van der Waals surface area contributed by atoms with Crippen molar-refractivity contribution in [3.05, 3.63) is 422 Å². The number of aromatic nitrogens is 14. The Morgan fingerprint density at radius 1 is 0.466 bits per heavy atom. The molecule has 10 N–H and O–H groups in total. The first-order valence-corrected chi connectivity index (χ1v) is 47.4. The van der Waals surface area contributed by atoms with Gasteiger partial charge in [0.25, 0.3) is 22.5 Å². The molecule has 148 heavy (non-hydrogen) atoms. The highest BCUT2D eigenvalue weighted by atomic mass is 35.5. The van der Waals surface area contributed by atoms with E-state index >= 15 is 0 Å². The smallest absolute Gasteiger partial charge is 0.345 e. The maximum absolute atomic E-state index is 12.9. The number of rotatable bonds is 23. The summed E-state index contributed by atoms with van der Waals surface area (Å²) in [4.78, 5) is 138. The van der Waals surface area contributed by atoms with Crippen LogP contribution in [0.1, 0.15) is 70.0 Å². The predicted molar refractivity (Wildman–Crippen MR) is 582 cm³/mol. The molecule has 16 aromatic rings. The van der Waals surface area contributed by atoms with Gasteiger partial charge in [-0.15, -0.1) is 0 Å². The summed E-state index contributed by atoms with van der Waals surface area (Å²) in [7, 11) is 8.05. The summed E-state index contributed by atoms with van der Waals surface area (Å²) in [5.41, 5.74) is 31.5. The quantitative estimate of drug-likeness (QED) is 0.00431. The van der Waals surface area contributed by atoms with Gasteiger partial charge in [0.05, 0.1) is 38.3 Å². The molecule has 0 radical (unpaired) electrons. The number of nitrogens with two attached hydrogens (primary N) is 2. The van der Waals surface area contributed by atoms with Crippen molar-refractivity contribution >= 4 is 115 Å². The molecule has 6 aromatic carbocycles. The Labute approximate surface area is 866 Å². The standard InChI is InChI=1S/C29H31N7O.C16H13N5O2.C16H15N5.C13H17ClN2O.C10H12N2O.C9H8ClN3.C9H7N3O.C7H8N2O2/c1-21-5-10-25(18-27(21)34-29-31-13-11-26(33-29)24-4-3-12-30-19-24)32-28(37)23-8-6-22(7-9-23)20-36-16-14-35(2)15-17-36;1-11-4-5-13(21(22)23)9-15(11)20-16-18-8-6-14(19-16)12-3-2-7-17-10-12;1-11-4-5-13(17)9-15(11)21-16-19-8-6-14(20-16)12-3-2-7-18-10-12;1-15-6-8-16(9-7-15)10-11-2-4-12(5-3-11)13(14)17;1-12(2)7-5-10(13)9-4-3-6-11-8-9;10-9-12-5-3-8(13-9)7-2-1-4-11-6-7;13-9-11-5-3-8(12-9)7-2-1-4-10-6-7;1-5-2-3-6(9(10)11)4-7(5)8/h3-13,18-19H,14-17,20H2,1-2H3,(H,32,37)(H,31,33,34);2-10H,1H3,(H,18,19,20);2-10H,17H2,1H3,(H,19,20,21);2-5H,6-10H2,1H3;3-8H,1-2H3;1-6,9,13H;1-6H,(H,11,12,13);2-4H,8H2,1H3/b;;;;7-5+;;;. The van der Waals surface area contributed by atoms with Crippen molar-refractivity contribution in [2.45, 2.75) is 46.4 Å². The molecule has 10 aromatic heterocycles. The molecule has 37 nitrogen and oxygen atoms in total. The molecular formula is C109H111Cl2N29O8. The monoisotopic (exact) mass is 2020 g/mol. The normalized spacial score (nSPS) is 13.0. The second-order valence-corrected chi connectivity index (χ2v) is 34.6. The van der Waals surface area contributed by atoms with Crippen molar-refractivity contribution in [3.8, 4) is 45.0 Å². The zero-order chi connectivity index (χ0) is 105. The SMILES string of the molecule is CN(C)/C=C/C(=O)c1cccnc1.CN1CCN(Cc2ccc(C(=O)Cl)cc2)CC1.Cc1ccc(N)cc1Nc1nccc(-c2cccnc2)n1.Cc1ccc(NC(=O)c2ccc(CN3CCN(C)CC3)cc2)cc1Nc1nccc(-c2cccnc2)n1.Cc1ccc([N+](=O)[O-])cc1N.Cc1ccc([N+](=O)[O-])cc1Nc1nccc(-c2cccnc2)n1.ClC1N=CC=C(c2cccnc2)N1.O=c1nccc(-c2cccnc2)[nH]1. The van der Waals surface area contributed by atoms with Crippen molar-refractivity contribution in [1.29, 1.82) is 0 Å². The fourth-order valence-corrected chi connectivity index (χ4v) is 14.4. The number of hydrogen-bond acceptors (Lipinski definition) is 33. The minimum Gasteiger partial charge on any atom is -0.399 e. The van der Waals surface area contributed by atoms with Gasteiger partial charge in [0.2, 0.25) is 17.8 Å². The molecule has 0 bridgehead atoms. The number of nitro groups is 2. The van der Waals surface area contributed by atoms with Crippen LogP contribution in [0.3, 0.4) is 0 Å². The number of pyridine rings is 6. The van der Waals surface area contributed by atoms with Crippen LogP contribution in [0, 0.1) is 47.9 Å². The number of non-ortho nitro benzene ring substituents is 2. The number of likely N-dealkylation sites (N-methyl/N-ethyl adjacent to an activating group) is 2. The van der Waals surface area contributed by atoms with Crippen LogP contribution in [0.5, 0.6) is 0 Å². The molecule has 2 saturated heterocycles. The number of H-pyrrole nitrogens is 1. The van der Waals surface area contributed by atoms with Crippen LogP contribution in [0.25, 0.3) is 50.7 Å². The van der Waals surface area contributed by atoms with Gasteiger partial charge >= 0.3 is 5.69 Å². The molecular weight excluding hydrogens is 1910 g/mol. The van der Waals surface area contributed by atoms with E-state index < -0.39 is 15.1 Å². The van der Waals surface area contributed by atoms with Crippen molar-refractivity contribution in [3.63, 3.8) is 0 Å². The molecule has 2 fully saturated rings. The first kappa shape index (κ1) is 109. The van der Waals surface area contributed by atoms with Gasteiger partial charge in [0.1, 0.15) is 0 Å². The minimum absolute atomic E-state index is 0.0153. The minimum atomic E-state index is -0.462. The number of halogens is 2. The van der Waals surface area contributed by atoms with E-state index in [2.05, 4.69) is 135 Å². The molecule has 0 aliphatic carbocycles. The molecule has 1 unspecified atom stereocenters. The number of alkyl halides is 1. The number of ketones is 1. The number of anilines is 9. The molecule has 0 saturated carbocycles. The number of aryl methyl sites for hydroxylation is 4. The number of nitrogens with one attached hydrogen (secondary N) is 6. The van der Waals surface area contributed by atoms with Crippen LogP contribution in [0.15, 0.2) is 346 Å². The Balaban J connectivity index is 0.000000156. The number of hydrogen-bond donors (Lipinski definition) is 8. The van der Waals surface area contributed by atoms with E-state index in [1.807, 2.05) is 191 Å². The van der Waals surface area contributed by atoms with E-state index in [1.165, 1.54) is 47.7 Å². The molecule has 1 atom stereocenters. The lowest BCUT2D eigenvalue weighted by molar-refractivity contribution is -0.385. The fourth-order valence-electron chi connectivity index (χ4n) is 14.1. The topological polar surface area (TPSA) is 479 Å². The maximum atomic E-state index is 12.9. The number of nitro benzene ring substituents is 2. The first-order chi connectivity index (χ1) is 71.6. The Morgan fingerprint density at radius 2 is 0.885 bits per heavy atom.